The molecule has 0 amide bonds. The van der Waals surface area contributed by atoms with Crippen LogP contribution >= 0.6 is 0 Å². The van der Waals surface area contributed by atoms with Crippen molar-refractivity contribution in [2.45, 2.75) is 31.6 Å². The van der Waals surface area contributed by atoms with Crippen LogP contribution < -0.4 is 5.32 Å². The third kappa shape index (κ3) is 3.54. The predicted molar refractivity (Wildman–Crippen MR) is 71.4 cm³/mol. The van der Waals surface area contributed by atoms with E-state index in [4.69, 9.17) is 4.74 Å². The molecule has 5 nitrogen and oxygen atoms in total. The molecule has 102 valence electrons. The van der Waals surface area contributed by atoms with Crippen molar-refractivity contribution >= 4 is 0 Å². The van der Waals surface area contributed by atoms with Gasteiger partial charge in [0.1, 0.15) is 5.82 Å². The Balaban J connectivity index is 1.75. The quantitative estimate of drug-likeness (QED) is 0.806. The Labute approximate surface area is 109 Å². The molecule has 1 aliphatic heterocycles. The van der Waals surface area contributed by atoms with E-state index >= 15 is 0 Å². The minimum Gasteiger partial charge on any atom is -0.372 e. The van der Waals surface area contributed by atoms with E-state index < -0.39 is 0 Å². The molecule has 5 heteroatoms. The molecule has 0 aliphatic carbocycles. The van der Waals surface area contributed by atoms with Gasteiger partial charge in [0.15, 0.2) is 0 Å². The van der Waals surface area contributed by atoms with E-state index in [0.717, 1.165) is 31.9 Å². The highest BCUT2D eigenvalue weighted by molar-refractivity contribution is 4.91. The van der Waals surface area contributed by atoms with Crippen molar-refractivity contribution in [3.63, 3.8) is 0 Å². The molecule has 1 fully saturated rings. The molecule has 1 aromatic rings. The topological polar surface area (TPSA) is 42.3 Å². The van der Waals surface area contributed by atoms with Gasteiger partial charge in [-0.3, -0.25) is 4.90 Å². The zero-order valence-electron chi connectivity index (χ0n) is 11.6. The summed E-state index contributed by atoms with van der Waals surface area (Å²) in [7, 11) is 6.14. The summed E-state index contributed by atoms with van der Waals surface area (Å²) in [5.41, 5.74) is 0. The monoisotopic (exact) mass is 252 g/mol. The van der Waals surface area contributed by atoms with E-state index in [2.05, 4.69) is 26.8 Å². The van der Waals surface area contributed by atoms with Gasteiger partial charge in [0.2, 0.25) is 0 Å². The molecule has 0 radical (unpaired) electrons. The van der Waals surface area contributed by atoms with Crippen molar-refractivity contribution in [3.05, 3.63) is 18.2 Å². The smallest absolute Gasteiger partial charge is 0.122 e. The molecule has 1 aliphatic rings. The number of likely N-dealkylation sites (N-methyl/N-ethyl adjacent to an activating group) is 2. The second-order valence-corrected chi connectivity index (χ2v) is 5.17. The number of aromatic nitrogens is 2. The van der Waals surface area contributed by atoms with Gasteiger partial charge in [-0.05, 0) is 26.9 Å². The molecule has 18 heavy (non-hydrogen) atoms. The molecule has 1 saturated heterocycles. The first kappa shape index (κ1) is 13.5. The molecular weight excluding hydrogens is 228 g/mol. The Bertz CT molecular complexity index is 366. The van der Waals surface area contributed by atoms with Gasteiger partial charge in [-0.15, -0.1) is 0 Å². The predicted octanol–water partition coefficient (Wildman–Crippen LogP) is 0.619. The normalized spacial score (nSPS) is 24.0. The van der Waals surface area contributed by atoms with E-state index in [1.165, 1.54) is 6.42 Å². The van der Waals surface area contributed by atoms with Gasteiger partial charge in [-0.2, -0.15) is 0 Å². The summed E-state index contributed by atoms with van der Waals surface area (Å²) < 4.78 is 8.06. The maximum Gasteiger partial charge on any atom is 0.122 e. The van der Waals surface area contributed by atoms with E-state index in [0.29, 0.717) is 12.2 Å². The highest BCUT2D eigenvalue weighted by Gasteiger charge is 2.25. The van der Waals surface area contributed by atoms with E-state index in [9.17, 15) is 0 Å². The van der Waals surface area contributed by atoms with Crippen molar-refractivity contribution < 1.29 is 4.74 Å². The lowest BCUT2D eigenvalue weighted by Crippen LogP contribution is -2.31. The van der Waals surface area contributed by atoms with Crippen molar-refractivity contribution in [1.82, 2.24) is 19.8 Å². The van der Waals surface area contributed by atoms with Crippen LogP contribution in [0.5, 0.6) is 0 Å². The molecule has 1 N–H and O–H groups in total. The fraction of sp³-hybridized carbons (Fsp3) is 0.769. The Kier molecular flexibility index (Phi) is 4.74. The van der Waals surface area contributed by atoms with Crippen LogP contribution in [-0.2, 0) is 18.3 Å². The summed E-state index contributed by atoms with van der Waals surface area (Å²) >= 11 is 0. The van der Waals surface area contributed by atoms with Gasteiger partial charge in [0.05, 0.1) is 18.8 Å². The first-order valence-corrected chi connectivity index (χ1v) is 6.64. The summed E-state index contributed by atoms with van der Waals surface area (Å²) in [5, 5.41) is 3.18. The van der Waals surface area contributed by atoms with Crippen molar-refractivity contribution in [2.24, 2.45) is 7.05 Å². The molecule has 2 rings (SSSR count). The van der Waals surface area contributed by atoms with Crippen LogP contribution in [0, 0.1) is 0 Å². The van der Waals surface area contributed by atoms with Crippen LogP contribution in [0.3, 0.4) is 0 Å². The van der Waals surface area contributed by atoms with E-state index in [-0.39, 0.29) is 0 Å². The molecule has 1 aromatic heterocycles. The molecule has 2 heterocycles. The number of imidazole rings is 1. The van der Waals surface area contributed by atoms with Crippen LogP contribution in [-0.4, -0.2) is 53.8 Å². The number of ether oxygens (including phenoxy) is 1. The molecule has 0 aromatic carbocycles. The van der Waals surface area contributed by atoms with Gasteiger partial charge in [-0.1, -0.05) is 0 Å². The molecule has 0 bridgehead atoms. The third-order valence-corrected chi connectivity index (χ3v) is 3.47. The zero-order valence-corrected chi connectivity index (χ0v) is 11.6. The number of aryl methyl sites for hydroxylation is 1. The van der Waals surface area contributed by atoms with Gasteiger partial charge in [-0.25, -0.2) is 4.98 Å². The molecular formula is C13H24N4O. The molecule has 2 atom stereocenters. The minimum absolute atomic E-state index is 0.369. The van der Waals surface area contributed by atoms with Gasteiger partial charge in [0.25, 0.3) is 0 Å². The fourth-order valence-electron chi connectivity index (χ4n) is 2.49. The second kappa shape index (κ2) is 6.31. The van der Waals surface area contributed by atoms with Gasteiger partial charge in [0, 0.05) is 32.5 Å². The Hall–Kier alpha value is -0.910. The number of nitrogens with zero attached hydrogens (tertiary/aromatic N) is 3. The third-order valence-electron chi connectivity index (χ3n) is 3.47. The van der Waals surface area contributed by atoms with Crippen LogP contribution in [0.15, 0.2) is 12.4 Å². The Morgan fingerprint density at radius 2 is 2.28 bits per heavy atom. The standard InChI is InChI=1S/C13H24N4O/c1-14-8-11-4-5-12(18-11)9-16(2)10-13-15-6-7-17(13)3/h6-7,11-12,14H,4-5,8-10H2,1-3H3. The van der Waals surface area contributed by atoms with Crippen molar-refractivity contribution in [1.29, 1.82) is 0 Å². The maximum atomic E-state index is 5.99. The summed E-state index contributed by atoms with van der Waals surface area (Å²) in [6, 6.07) is 0. The van der Waals surface area contributed by atoms with Crippen molar-refractivity contribution in [2.75, 3.05) is 27.2 Å². The summed E-state index contributed by atoms with van der Waals surface area (Å²) in [4.78, 5) is 6.63. The van der Waals surface area contributed by atoms with Gasteiger partial charge >= 0.3 is 0 Å². The second-order valence-electron chi connectivity index (χ2n) is 5.17. The summed E-state index contributed by atoms with van der Waals surface area (Å²) in [6.07, 6.45) is 6.92. The van der Waals surface area contributed by atoms with Crippen LogP contribution in [0.2, 0.25) is 0 Å². The van der Waals surface area contributed by atoms with Crippen LogP contribution in [0.25, 0.3) is 0 Å². The largest absolute Gasteiger partial charge is 0.372 e. The molecule has 0 saturated carbocycles. The summed E-state index contributed by atoms with van der Waals surface area (Å²) in [6.45, 7) is 2.81. The van der Waals surface area contributed by atoms with Gasteiger partial charge < -0.3 is 14.6 Å². The minimum atomic E-state index is 0.369. The average molecular weight is 252 g/mol. The maximum absolute atomic E-state index is 5.99. The number of hydrogen-bond acceptors (Lipinski definition) is 4. The first-order valence-electron chi connectivity index (χ1n) is 6.64. The van der Waals surface area contributed by atoms with E-state index in [1.807, 2.05) is 26.5 Å². The lowest BCUT2D eigenvalue weighted by molar-refractivity contribution is 0.0271. The highest BCUT2D eigenvalue weighted by Crippen LogP contribution is 2.20. The lowest BCUT2D eigenvalue weighted by atomic mass is 10.2. The van der Waals surface area contributed by atoms with E-state index in [1.54, 1.807) is 0 Å². The van der Waals surface area contributed by atoms with Crippen molar-refractivity contribution in [3.8, 4) is 0 Å². The van der Waals surface area contributed by atoms with Crippen LogP contribution in [0.4, 0.5) is 0 Å². The number of rotatable bonds is 6. The number of hydrogen-bond donors (Lipinski definition) is 1. The zero-order chi connectivity index (χ0) is 13.0. The Morgan fingerprint density at radius 3 is 2.94 bits per heavy atom. The Morgan fingerprint density at radius 1 is 1.50 bits per heavy atom. The lowest BCUT2D eigenvalue weighted by Gasteiger charge is -2.21. The molecule has 0 spiro atoms. The highest BCUT2D eigenvalue weighted by atomic mass is 16.5. The summed E-state index contributed by atoms with van der Waals surface area (Å²) in [5.74, 6) is 1.10. The van der Waals surface area contributed by atoms with Crippen LogP contribution in [0.1, 0.15) is 18.7 Å². The first-order chi connectivity index (χ1) is 8.69. The number of nitrogens with one attached hydrogen (secondary N) is 1. The fourth-order valence-corrected chi connectivity index (χ4v) is 2.49. The molecule has 2 unspecified atom stereocenters. The SMILES string of the molecule is CNCC1CCC(CN(C)Cc2nccn2C)O1. The average Bonchev–Trinajstić information content (AvgIpc) is 2.90.